The van der Waals surface area contributed by atoms with E-state index in [2.05, 4.69) is 16.9 Å². The zero-order valence-electron chi connectivity index (χ0n) is 10.9. The lowest BCUT2D eigenvalue weighted by atomic mass is 10.0. The number of likely N-dealkylation sites (N-methyl/N-ethyl adjacent to an activating group) is 2. The second-order valence-corrected chi connectivity index (χ2v) is 5.81. The van der Waals surface area contributed by atoms with Crippen LogP contribution >= 0.6 is 11.3 Å². The number of hydrogen-bond acceptors (Lipinski definition) is 5. The number of nitrogens with zero attached hydrogens (tertiary/aromatic N) is 3. The molecule has 5 nitrogen and oxygen atoms in total. The van der Waals surface area contributed by atoms with Gasteiger partial charge in [-0.15, -0.1) is 11.3 Å². The van der Waals surface area contributed by atoms with Crippen molar-refractivity contribution in [1.29, 1.82) is 0 Å². The average molecular weight is 268 g/mol. The van der Waals surface area contributed by atoms with Crippen molar-refractivity contribution in [2.24, 2.45) is 0 Å². The topological polar surface area (TPSA) is 62.5 Å². The zero-order valence-corrected chi connectivity index (χ0v) is 11.7. The van der Waals surface area contributed by atoms with Crippen LogP contribution in [0.1, 0.15) is 18.5 Å². The molecule has 1 fully saturated rings. The van der Waals surface area contributed by atoms with Gasteiger partial charge in [-0.2, -0.15) is 0 Å². The number of carbonyl (C=O) groups excluding carboxylic acids is 1. The number of rotatable bonds is 3. The predicted molar refractivity (Wildman–Crippen MR) is 73.5 cm³/mol. The first kappa shape index (κ1) is 13.3. The van der Waals surface area contributed by atoms with Gasteiger partial charge >= 0.3 is 0 Å². The molecule has 2 heterocycles. The second-order valence-electron chi connectivity index (χ2n) is 4.92. The number of nitrogens with two attached hydrogens (primary N) is 1. The summed E-state index contributed by atoms with van der Waals surface area (Å²) in [5, 5.41) is 2.38. The molecular formula is C12H20N4OS. The third kappa shape index (κ3) is 3.20. The number of aromatic nitrogens is 1. The minimum absolute atomic E-state index is 0.126. The summed E-state index contributed by atoms with van der Waals surface area (Å²) >= 11 is 1.38. The number of piperidine rings is 1. The number of thiazole rings is 1. The lowest BCUT2D eigenvalue weighted by Crippen LogP contribution is -2.47. The molecule has 1 aromatic heterocycles. The summed E-state index contributed by atoms with van der Waals surface area (Å²) < 4.78 is 0. The molecule has 2 N–H and O–H groups in total. The van der Waals surface area contributed by atoms with Crippen LogP contribution in [0.15, 0.2) is 5.38 Å². The lowest BCUT2D eigenvalue weighted by molar-refractivity contribution is -0.132. The van der Waals surface area contributed by atoms with Crippen molar-refractivity contribution in [2.45, 2.75) is 25.3 Å². The summed E-state index contributed by atoms with van der Waals surface area (Å²) in [6, 6.07) is 0.326. The summed E-state index contributed by atoms with van der Waals surface area (Å²) in [5.41, 5.74) is 6.34. The van der Waals surface area contributed by atoms with Gasteiger partial charge in [0.25, 0.3) is 0 Å². The molecule has 1 amide bonds. The number of amides is 1. The van der Waals surface area contributed by atoms with Crippen LogP contribution in [-0.2, 0) is 11.2 Å². The maximum absolute atomic E-state index is 12.2. The molecule has 6 heteroatoms. The maximum atomic E-state index is 12.2. The number of carbonyl (C=O) groups is 1. The van der Waals surface area contributed by atoms with Crippen molar-refractivity contribution in [3.63, 3.8) is 0 Å². The van der Waals surface area contributed by atoms with E-state index in [0.29, 0.717) is 17.6 Å². The summed E-state index contributed by atoms with van der Waals surface area (Å²) in [5.74, 6) is 0.126. The first-order valence-electron chi connectivity index (χ1n) is 6.20. The summed E-state index contributed by atoms with van der Waals surface area (Å²) in [7, 11) is 3.99. The Hall–Kier alpha value is -1.14. The number of hydrogen-bond donors (Lipinski definition) is 1. The van der Waals surface area contributed by atoms with E-state index in [9.17, 15) is 4.79 Å². The third-order valence-corrected chi connectivity index (χ3v) is 4.17. The molecule has 0 spiro atoms. The van der Waals surface area contributed by atoms with Crippen LogP contribution in [0.3, 0.4) is 0 Å². The van der Waals surface area contributed by atoms with Crippen LogP contribution in [0.5, 0.6) is 0 Å². The van der Waals surface area contributed by atoms with Gasteiger partial charge in [-0.05, 0) is 26.4 Å². The Balaban J connectivity index is 1.91. The molecular weight excluding hydrogens is 248 g/mol. The lowest BCUT2D eigenvalue weighted by Gasteiger charge is -2.35. The smallest absolute Gasteiger partial charge is 0.228 e. The van der Waals surface area contributed by atoms with Gasteiger partial charge in [0, 0.05) is 25.0 Å². The fraction of sp³-hybridized carbons (Fsp3) is 0.667. The van der Waals surface area contributed by atoms with Crippen molar-refractivity contribution in [2.75, 3.05) is 32.9 Å². The average Bonchev–Trinajstić information content (AvgIpc) is 2.73. The quantitative estimate of drug-likeness (QED) is 0.881. The molecule has 2 rings (SSSR count). The standard InChI is InChI=1S/C12H20N4OS/c1-15-5-3-4-10(7-15)16(2)11(17)6-9-8-18-12(13)14-9/h8,10H,3-7H2,1-2H3,(H2,13,14). The highest BCUT2D eigenvalue weighted by Crippen LogP contribution is 2.16. The Morgan fingerprint density at radius 1 is 1.72 bits per heavy atom. The third-order valence-electron chi connectivity index (χ3n) is 3.44. The zero-order chi connectivity index (χ0) is 13.1. The number of anilines is 1. The van der Waals surface area contributed by atoms with E-state index in [0.717, 1.165) is 31.6 Å². The molecule has 100 valence electrons. The fourth-order valence-electron chi connectivity index (χ4n) is 2.34. The van der Waals surface area contributed by atoms with Gasteiger partial charge in [0.15, 0.2) is 5.13 Å². The van der Waals surface area contributed by atoms with Gasteiger partial charge in [-0.1, -0.05) is 0 Å². The highest BCUT2D eigenvalue weighted by atomic mass is 32.1. The first-order chi connectivity index (χ1) is 8.56. The molecule has 0 saturated carbocycles. The molecule has 0 aromatic carbocycles. The van der Waals surface area contributed by atoms with Crippen LogP contribution in [0.25, 0.3) is 0 Å². The first-order valence-corrected chi connectivity index (χ1v) is 7.08. The molecule has 0 bridgehead atoms. The molecule has 0 aliphatic carbocycles. The summed E-state index contributed by atoms with van der Waals surface area (Å²) in [6.45, 7) is 2.09. The van der Waals surface area contributed by atoms with E-state index >= 15 is 0 Å². The van der Waals surface area contributed by atoms with Gasteiger partial charge in [0.1, 0.15) is 0 Å². The normalized spacial score (nSPS) is 20.9. The van der Waals surface area contributed by atoms with E-state index in [1.165, 1.54) is 11.3 Å². The molecule has 1 atom stereocenters. The Morgan fingerprint density at radius 3 is 3.11 bits per heavy atom. The molecule has 18 heavy (non-hydrogen) atoms. The molecule has 1 aliphatic heterocycles. The van der Waals surface area contributed by atoms with Gasteiger partial charge in [-0.3, -0.25) is 4.79 Å². The maximum Gasteiger partial charge on any atom is 0.228 e. The molecule has 1 saturated heterocycles. The van der Waals surface area contributed by atoms with Gasteiger partial charge in [0.2, 0.25) is 5.91 Å². The van der Waals surface area contributed by atoms with Gasteiger partial charge < -0.3 is 15.5 Å². The van der Waals surface area contributed by atoms with E-state index in [4.69, 9.17) is 5.73 Å². The summed E-state index contributed by atoms with van der Waals surface area (Å²) in [4.78, 5) is 20.4. The molecule has 0 radical (unpaired) electrons. The monoisotopic (exact) mass is 268 g/mol. The fourth-order valence-corrected chi connectivity index (χ4v) is 2.91. The van der Waals surface area contributed by atoms with E-state index in [-0.39, 0.29) is 5.91 Å². The van der Waals surface area contributed by atoms with Crippen molar-refractivity contribution >= 4 is 22.4 Å². The molecule has 1 unspecified atom stereocenters. The van der Waals surface area contributed by atoms with Crippen LogP contribution < -0.4 is 5.73 Å². The van der Waals surface area contributed by atoms with Gasteiger partial charge in [0.05, 0.1) is 12.1 Å². The van der Waals surface area contributed by atoms with Crippen molar-refractivity contribution in [3.05, 3.63) is 11.1 Å². The second kappa shape index (κ2) is 5.67. The highest BCUT2D eigenvalue weighted by Gasteiger charge is 2.24. The van der Waals surface area contributed by atoms with Crippen LogP contribution in [0, 0.1) is 0 Å². The van der Waals surface area contributed by atoms with E-state index in [1.54, 1.807) is 0 Å². The highest BCUT2D eigenvalue weighted by molar-refractivity contribution is 7.13. The minimum atomic E-state index is 0.126. The Kier molecular flexibility index (Phi) is 4.19. The molecule has 1 aliphatic rings. The van der Waals surface area contributed by atoms with E-state index < -0.39 is 0 Å². The Morgan fingerprint density at radius 2 is 2.50 bits per heavy atom. The van der Waals surface area contributed by atoms with Crippen molar-refractivity contribution in [1.82, 2.24) is 14.8 Å². The molecule has 1 aromatic rings. The van der Waals surface area contributed by atoms with Crippen LogP contribution in [0.4, 0.5) is 5.13 Å². The van der Waals surface area contributed by atoms with Crippen LogP contribution in [0.2, 0.25) is 0 Å². The number of likely N-dealkylation sites (tertiary alicyclic amines) is 1. The largest absolute Gasteiger partial charge is 0.375 e. The summed E-state index contributed by atoms with van der Waals surface area (Å²) in [6.07, 6.45) is 2.60. The van der Waals surface area contributed by atoms with Crippen molar-refractivity contribution in [3.8, 4) is 0 Å². The SMILES string of the molecule is CN1CCCC(N(C)C(=O)Cc2csc(N)n2)C1. The predicted octanol–water partition coefficient (Wildman–Crippen LogP) is 0.820. The van der Waals surface area contributed by atoms with Crippen LogP contribution in [-0.4, -0.2) is 53.9 Å². The number of nitrogen functional groups attached to an aromatic ring is 1. The van der Waals surface area contributed by atoms with Crippen molar-refractivity contribution < 1.29 is 4.79 Å². The Labute approximate surface area is 112 Å². The Bertz CT molecular complexity index is 420. The van der Waals surface area contributed by atoms with Gasteiger partial charge in [-0.25, -0.2) is 4.98 Å². The minimum Gasteiger partial charge on any atom is -0.375 e. The van der Waals surface area contributed by atoms with E-state index in [1.807, 2.05) is 17.3 Å².